The van der Waals surface area contributed by atoms with E-state index < -0.39 is 28.9 Å². The van der Waals surface area contributed by atoms with Gasteiger partial charge >= 0.3 is 6.09 Å². The van der Waals surface area contributed by atoms with Gasteiger partial charge in [-0.3, -0.25) is 24.3 Å². The van der Waals surface area contributed by atoms with Gasteiger partial charge < -0.3 is 14.7 Å². The van der Waals surface area contributed by atoms with E-state index in [1.807, 2.05) is 36.4 Å². The molecule has 3 aromatic rings. The van der Waals surface area contributed by atoms with Crippen molar-refractivity contribution in [3.8, 4) is 11.4 Å². The molecule has 1 aliphatic rings. The lowest BCUT2D eigenvalue weighted by molar-refractivity contribution is -0.131. The average Bonchev–Trinajstić information content (AvgIpc) is 3.02. The minimum atomic E-state index is -0.820. The minimum Gasteiger partial charge on any atom is -0.504 e. The zero-order chi connectivity index (χ0) is 33.3. The van der Waals surface area contributed by atoms with E-state index in [1.165, 1.54) is 10.8 Å². The van der Waals surface area contributed by atoms with Crippen LogP contribution in [0, 0.1) is 0 Å². The summed E-state index contributed by atoms with van der Waals surface area (Å²) in [7, 11) is 0. The standard InChI is InChI=1S/C36H42N4O6/c1-5-6-7-14-21-39(23-28-27(19-20-30(41)32(28)43)25-15-10-8-11-16-25)31(42)24-40-33(26-17-12-9-13-18-26)37-22-29(34(40)44)38-35(45)46-36(2,3)4/h8-13,15-19,22,43H,5-7,14,20-21,23-24H2,1-4H3,(H,38,45). The lowest BCUT2D eigenvalue weighted by atomic mass is 9.89. The number of nitrogens with one attached hydrogen (secondary N) is 1. The van der Waals surface area contributed by atoms with E-state index in [2.05, 4.69) is 17.2 Å². The summed E-state index contributed by atoms with van der Waals surface area (Å²) in [4.78, 5) is 59.2. The summed E-state index contributed by atoms with van der Waals surface area (Å²) in [6, 6.07) is 18.4. The van der Waals surface area contributed by atoms with Gasteiger partial charge in [-0.25, -0.2) is 9.78 Å². The molecular weight excluding hydrogens is 584 g/mol. The van der Waals surface area contributed by atoms with Gasteiger partial charge in [-0.2, -0.15) is 0 Å². The molecule has 4 rings (SSSR count). The van der Waals surface area contributed by atoms with Gasteiger partial charge in [0.25, 0.3) is 5.56 Å². The lowest BCUT2D eigenvalue weighted by Crippen LogP contribution is -2.40. The first-order valence-corrected chi connectivity index (χ1v) is 15.6. The molecule has 0 aliphatic heterocycles. The summed E-state index contributed by atoms with van der Waals surface area (Å²) in [5.41, 5.74) is 0.933. The zero-order valence-corrected chi connectivity index (χ0v) is 26.9. The van der Waals surface area contributed by atoms with Gasteiger partial charge in [0.05, 0.1) is 12.7 Å². The number of aliphatic hydroxyl groups is 1. The second-order valence-corrected chi connectivity index (χ2v) is 12.2. The second kappa shape index (κ2) is 15.3. The number of Topliss-reactive ketones (excluding diaryl/α,β-unsaturated/α-hetero) is 1. The quantitative estimate of drug-likeness (QED) is 0.219. The van der Waals surface area contributed by atoms with E-state index in [0.717, 1.165) is 24.8 Å². The predicted molar refractivity (Wildman–Crippen MR) is 178 cm³/mol. The predicted octanol–water partition coefficient (Wildman–Crippen LogP) is 6.53. The number of amides is 2. The zero-order valence-electron chi connectivity index (χ0n) is 26.9. The van der Waals surface area contributed by atoms with Crippen LogP contribution in [0.25, 0.3) is 17.0 Å². The SMILES string of the molecule is CCCCCCN(CC1=C(O)C(=O)CC=C1c1ccccc1)C(=O)Cn1c(-c2ccccc2)ncc(NC(=O)OC(C)(C)C)c1=O. The Morgan fingerprint density at radius 3 is 2.26 bits per heavy atom. The second-order valence-electron chi connectivity index (χ2n) is 12.2. The number of nitrogens with zero attached hydrogens (tertiary/aromatic N) is 3. The van der Waals surface area contributed by atoms with Crippen LogP contribution in [0.15, 0.2) is 89.1 Å². The molecule has 2 aromatic carbocycles. The van der Waals surface area contributed by atoms with Gasteiger partial charge in [0.15, 0.2) is 5.76 Å². The highest BCUT2D eigenvalue weighted by molar-refractivity contribution is 6.03. The number of hydrogen-bond donors (Lipinski definition) is 2. The van der Waals surface area contributed by atoms with Crippen molar-refractivity contribution in [2.45, 2.75) is 71.9 Å². The molecule has 1 aliphatic carbocycles. The number of allylic oxidation sites excluding steroid dienone is 2. The normalized spacial score (nSPS) is 13.3. The molecule has 2 amide bonds. The van der Waals surface area contributed by atoms with E-state index in [9.17, 15) is 24.3 Å². The lowest BCUT2D eigenvalue weighted by Gasteiger charge is -2.28. The van der Waals surface area contributed by atoms with E-state index in [1.54, 1.807) is 56.0 Å². The topological polar surface area (TPSA) is 131 Å². The highest BCUT2D eigenvalue weighted by Crippen LogP contribution is 2.31. The first kappa shape index (κ1) is 33.9. The van der Waals surface area contributed by atoms with Crippen LogP contribution in [0.2, 0.25) is 0 Å². The van der Waals surface area contributed by atoms with Crippen LogP contribution >= 0.6 is 0 Å². The Morgan fingerprint density at radius 1 is 0.978 bits per heavy atom. The summed E-state index contributed by atoms with van der Waals surface area (Å²) in [5.74, 6) is -0.932. The Kier molecular flexibility index (Phi) is 11.3. The van der Waals surface area contributed by atoms with Gasteiger partial charge in [0.2, 0.25) is 11.7 Å². The summed E-state index contributed by atoms with van der Waals surface area (Å²) < 4.78 is 6.56. The number of benzene rings is 2. The van der Waals surface area contributed by atoms with Crippen LogP contribution in [0.1, 0.15) is 65.4 Å². The average molecular weight is 627 g/mol. The van der Waals surface area contributed by atoms with Crippen molar-refractivity contribution in [3.63, 3.8) is 0 Å². The number of anilines is 1. The number of unbranched alkanes of at least 4 members (excludes halogenated alkanes) is 3. The molecule has 0 unspecified atom stereocenters. The van der Waals surface area contributed by atoms with Crippen molar-refractivity contribution in [3.05, 3.63) is 100 Å². The van der Waals surface area contributed by atoms with Crippen molar-refractivity contribution >= 4 is 29.0 Å². The fourth-order valence-corrected chi connectivity index (χ4v) is 5.18. The Bertz CT molecular complexity index is 1670. The molecule has 2 N–H and O–H groups in total. The number of ketones is 1. The van der Waals surface area contributed by atoms with Gasteiger partial charge in [-0.15, -0.1) is 0 Å². The van der Waals surface area contributed by atoms with Crippen molar-refractivity contribution in [2.24, 2.45) is 0 Å². The fourth-order valence-electron chi connectivity index (χ4n) is 5.18. The highest BCUT2D eigenvalue weighted by atomic mass is 16.6. The first-order chi connectivity index (χ1) is 22.0. The Balaban J connectivity index is 1.71. The third kappa shape index (κ3) is 8.80. The van der Waals surface area contributed by atoms with E-state index >= 15 is 0 Å². The molecule has 0 bridgehead atoms. The Morgan fingerprint density at radius 2 is 1.63 bits per heavy atom. The third-order valence-corrected chi connectivity index (χ3v) is 7.44. The fraction of sp³-hybridized carbons (Fsp3) is 0.361. The highest BCUT2D eigenvalue weighted by Gasteiger charge is 2.28. The summed E-state index contributed by atoms with van der Waals surface area (Å²) in [5, 5.41) is 13.4. The Labute approximate surface area is 269 Å². The smallest absolute Gasteiger partial charge is 0.412 e. The number of carbonyl (C=O) groups excluding carboxylic acids is 3. The number of rotatable bonds is 12. The molecule has 0 saturated carbocycles. The number of aromatic nitrogens is 2. The molecule has 0 fully saturated rings. The molecule has 242 valence electrons. The molecule has 0 radical (unpaired) electrons. The van der Waals surface area contributed by atoms with Crippen molar-refractivity contribution in [2.75, 3.05) is 18.4 Å². The summed E-state index contributed by atoms with van der Waals surface area (Å²) >= 11 is 0. The van der Waals surface area contributed by atoms with Crippen LogP contribution in [0.5, 0.6) is 0 Å². The van der Waals surface area contributed by atoms with Gasteiger partial charge in [0, 0.05) is 24.1 Å². The minimum absolute atomic E-state index is 0.0258. The number of ether oxygens (including phenoxy) is 1. The number of hydrogen-bond acceptors (Lipinski definition) is 7. The molecule has 0 spiro atoms. The summed E-state index contributed by atoms with van der Waals surface area (Å²) in [6.07, 6.45) is 5.86. The van der Waals surface area contributed by atoms with E-state index in [0.29, 0.717) is 29.7 Å². The van der Waals surface area contributed by atoms with Crippen LogP contribution in [-0.2, 0) is 20.9 Å². The van der Waals surface area contributed by atoms with Crippen LogP contribution < -0.4 is 10.9 Å². The molecule has 46 heavy (non-hydrogen) atoms. The molecule has 10 nitrogen and oxygen atoms in total. The van der Waals surface area contributed by atoms with Crippen LogP contribution in [0.3, 0.4) is 0 Å². The van der Waals surface area contributed by atoms with Gasteiger partial charge in [-0.05, 0) is 38.3 Å². The van der Waals surface area contributed by atoms with Crippen molar-refractivity contribution in [1.82, 2.24) is 14.5 Å². The van der Waals surface area contributed by atoms with Gasteiger partial charge in [-0.1, -0.05) is 92.9 Å². The van der Waals surface area contributed by atoms with Gasteiger partial charge in [0.1, 0.15) is 23.7 Å². The van der Waals surface area contributed by atoms with E-state index in [4.69, 9.17) is 4.74 Å². The molecular formula is C36H42N4O6. The largest absolute Gasteiger partial charge is 0.504 e. The number of aliphatic hydroxyl groups excluding tert-OH is 1. The Hall–Kier alpha value is -4.99. The molecule has 10 heteroatoms. The van der Waals surface area contributed by atoms with Crippen LogP contribution in [0.4, 0.5) is 10.5 Å². The number of carbonyl (C=O) groups is 3. The van der Waals surface area contributed by atoms with Crippen molar-refractivity contribution in [1.29, 1.82) is 0 Å². The molecule has 0 atom stereocenters. The van der Waals surface area contributed by atoms with E-state index in [-0.39, 0.29) is 36.8 Å². The maximum Gasteiger partial charge on any atom is 0.412 e. The van der Waals surface area contributed by atoms with Crippen LogP contribution in [-0.4, -0.2) is 56.0 Å². The summed E-state index contributed by atoms with van der Waals surface area (Å²) in [6.45, 7) is 7.16. The van der Waals surface area contributed by atoms with Crippen molar-refractivity contribution < 1.29 is 24.2 Å². The maximum atomic E-state index is 14.2. The molecule has 1 heterocycles. The monoisotopic (exact) mass is 626 g/mol. The maximum absolute atomic E-state index is 14.2. The molecule has 0 saturated heterocycles. The third-order valence-electron chi connectivity index (χ3n) is 7.44. The molecule has 1 aromatic heterocycles. The first-order valence-electron chi connectivity index (χ1n) is 15.6.